The molecule has 2 aromatic carbocycles. The van der Waals surface area contributed by atoms with Crippen molar-refractivity contribution < 1.29 is 18.0 Å². The van der Waals surface area contributed by atoms with Crippen molar-refractivity contribution in [2.45, 2.75) is 30.7 Å². The Morgan fingerprint density at radius 1 is 1.06 bits per heavy atom. The zero-order valence-corrected chi connectivity index (χ0v) is 18.8. The predicted molar refractivity (Wildman–Crippen MR) is 119 cm³/mol. The van der Waals surface area contributed by atoms with Crippen LogP contribution in [0.15, 0.2) is 59.5 Å². The molecule has 8 heteroatoms. The summed E-state index contributed by atoms with van der Waals surface area (Å²) >= 11 is 0. The first-order valence-electron chi connectivity index (χ1n) is 10.4. The van der Waals surface area contributed by atoms with Crippen LogP contribution in [0.4, 0.5) is 0 Å². The van der Waals surface area contributed by atoms with Crippen molar-refractivity contribution in [1.82, 2.24) is 14.5 Å². The Hall–Kier alpha value is -2.71. The van der Waals surface area contributed by atoms with Crippen LogP contribution in [0.5, 0.6) is 0 Å². The summed E-state index contributed by atoms with van der Waals surface area (Å²) in [4.78, 5) is 27.4. The fourth-order valence-corrected chi connectivity index (χ4v) is 4.84. The summed E-state index contributed by atoms with van der Waals surface area (Å²) < 4.78 is 26.2. The van der Waals surface area contributed by atoms with Crippen LogP contribution in [-0.2, 0) is 32.6 Å². The molecule has 1 N–H and O–H groups in total. The maximum atomic E-state index is 12.8. The van der Waals surface area contributed by atoms with E-state index in [9.17, 15) is 18.0 Å². The summed E-state index contributed by atoms with van der Waals surface area (Å²) in [5.74, 6) is -0.438. The van der Waals surface area contributed by atoms with Crippen LogP contribution in [-0.4, -0.2) is 56.6 Å². The van der Waals surface area contributed by atoms with Crippen molar-refractivity contribution in [3.05, 3.63) is 65.7 Å². The Balaban J connectivity index is 1.61. The summed E-state index contributed by atoms with van der Waals surface area (Å²) in [5.41, 5.74) is 1.50. The zero-order chi connectivity index (χ0) is 22.4. The van der Waals surface area contributed by atoms with Gasteiger partial charge in [-0.3, -0.25) is 9.59 Å². The van der Waals surface area contributed by atoms with Gasteiger partial charge in [-0.1, -0.05) is 48.5 Å². The minimum atomic E-state index is -3.60. The lowest BCUT2D eigenvalue weighted by Gasteiger charge is -2.32. The highest BCUT2D eigenvalue weighted by atomic mass is 32.2. The summed E-state index contributed by atoms with van der Waals surface area (Å²) in [6.45, 7) is 1.16. The highest BCUT2D eigenvalue weighted by Gasteiger charge is 2.29. The molecule has 1 saturated heterocycles. The van der Waals surface area contributed by atoms with Gasteiger partial charge in [0, 0.05) is 33.7 Å². The maximum Gasteiger partial charge on any atom is 0.242 e. The van der Waals surface area contributed by atoms with E-state index in [1.807, 2.05) is 30.3 Å². The number of carbonyl (C=O) groups is 2. The Labute approximate surface area is 184 Å². The molecule has 7 nitrogen and oxygen atoms in total. The van der Waals surface area contributed by atoms with E-state index >= 15 is 0 Å². The lowest BCUT2D eigenvalue weighted by molar-refractivity contribution is -0.135. The molecular weight excluding hydrogens is 414 g/mol. The van der Waals surface area contributed by atoms with E-state index in [2.05, 4.69) is 5.32 Å². The number of hydrogen-bond donors (Lipinski definition) is 1. The number of nitrogens with zero attached hydrogens (tertiary/aromatic N) is 2. The number of hydrogen-bond acceptors (Lipinski definition) is 4. The van der Waals surface area contributed by atoms with Crippen LogP contribution >= 0.6 is 0 Å². The van der Waals surface area contributed by atoms with Crippen molar-refractivity contribution in [3.63, 3.8) is 0 Å². The summed E-state index contributed by atoms with van der Waals surface area (Å²) in [6.07, 6.45) is 1.80. The molecular formula is C23H29N3O4S. The lowest BCUT2D eigenvalue weighted by Crippen LogP contribution is -2.45. The monoisotopic (exact) mass is 443 g/mol. The minimum absolute atomic E-state index is 0.0196. The van der Waals surface area contributed by atoms with Gasteiger partial charge in [-0.2, -0.15) is 0 Å². The highest BCUT2D eigenvalue weighted by Crippen LogP contribution is 2.20. The molecule has 1 aliphatic heterocycles. The summed E-state index contributed by atoms with van der Waals surface area (Å²) in [5, 5.41) is 2.87. The van der Waals surface area contributed by atoms with E-state index in [4.69, 9.17) is 0 Å². The van der Waals surface area contributed by atoms with Crippen LogP contribution in [0.3, 0.4) is 0 Å². The third-order valence-electron chi connectivity index (χ3n) is 5.53. The molecule has 0 aliphatic carbocycles. The number of sulfonamides is 1. The number of benzene rings is 2. The molecule has 0 spiro atoms. The number of piperidine rings is 1. The van der Waals surface area contributed by atoms with Crippen LogP contribution < -0.4 is 5.32 Å². The van der Waals surface area contributed by atoms with E-state index in [0.29, 0.717) is 31.5 Å². The van der Waals surface area contributed by atoms with Crippen LogP contribution in [0, 0.1) is 5.92 Å². The number of nitrogens with one attached hydrogen (secondary N) is 1. The van der Waals surface area contributed by atoms with Gasteiger partial charge in [0.15, 0.2) is 0 Å². The largest absolute Gasteiger partial charge is 0.352 e. The molecule has 31 heavy (non-hydrogen) atoms. The second-order valence-electron chi connectivity index (χ2n) is 7.95. The third kappa shape index (κ3) is 5.71. The Bertz CT molecular complexity index is 1020. The smallest absolute Gasteiger partial charge is 0.242 e. The average Bonchev–Trinajstić information content (AvgIpc) is 2.78. The first-order valence-corrected chi connectivity index (χ1v) is 11.8. The molecule has 1 aliphatic rings. The quantitative estimate of drug-likeness (QED) is 0.710. The molecule has 0 aromatic heterocycles. The topological polar surface area (TPSA) is 86.8 Å². The van der Waals surface area contributed by atoms with Gasteiger partial charge in [-0.15, -0.1) is 0 Å². The molecule has 166 valence electrons. The first-order chi connectivity index (χ1) is 14.8. The fourth-order valence-electron chi connectivity index (χ4n) is 3.72. The molecule has 0 saturated carbocycles. The predicted octanol–water partition coefficient (Wildman–Crippen LogP) is 2.03. The van der Waals surface area contributed by atoms with Crippen LogP contribution in [0.25, 0.3) is 0 Å². The number of rotatable bonds is 7. The standard InChI is InChI=1S/C23H29N3O4S/c1-25(2)31(29,30)21-13-7-6-11-19(21)16-24-23(28)20-12-8-14-26(17-20)22(27)15-18-9-4-3-5-10-18/h3-7,9-11,13,20H,8,12,14-17H2,1-2H3,(H,24,28). The number of amides is 2. The van der Waals surface area contributed by atoms with Gasteiger partial charge >= 0.3 is 0 Å². The molecule has 1 heterocycles. The van der Waals surface area contributed by atoms with Gasteiger partial charge in [-0.05, 0) is 30.0 Å². The molecule has 0 bridgehead atoms. The van der Waals surface area contributed by atoms with Gasteiger partial charge in [-0.25, -0.2) is 12.7 Å². The van der Waals surface area contributed by atoms with E-state index in [-0.39, 0.29) is 29.2 Å². The van der Waals surface area contributed by atoms with Crippen molar-refractivity contribution in [2.24, 2.45) is 5.92 Å². The molecule has 2 aromatic rings. The third-order valence-corrected chi connectivity index (χ3v) is 7.44. The van der Waals surface area contributed by atoms with Gasteiger partial charge in [0.1, 0.15) is 0 Å². The van der Waals surface area contributed by atoms with E-state index < -0.39 is 10.0 Å². The van der Waals surface area contributed by atoms with Crippen LogP contribution in [0.1, 0.15) is 24.0 Å². The molecule has 3 rings (SSSR count). The van der Waals surface area contributed by atoms with Crippen molar-refractivity contribution in [3.8, 4) is 0 Å². The van der Waals surface area contributed by atoms with Gasteiger partial charge in [0.25, 0.3) is 0 Å². The van der Waals surface area contributed by atoms with Gasteiger partial charge < -0.3 is 10.2 Å². The molecule has 0 radical (unpaired) electrons. The maximum absolute atomic E-state index is 12.8. The molecule has 2 amide bonds. The summed E-state index contributed by atoms with van der Waals surface area (Å²) in [6, 6.07) is 16.2. The van der Waals surface area contributed by atoms with E-state index in [1.54, 1.807) is 29.2 Å². The van der Waals surface area contributed by atoms with Crippen molar-refractivity contribution >= 4 is 21.8 Å². The molecule has 1 atom stereocenters. The molecule has 1 fully saturated rings. The normalized spacial score (nSPS) is 16.9. The van der Waals surface area contributed by atoms with Gasteiger partial charge in [0.2, 0.25) is 21.8 Å². The molecule has 1 unspecified atom stereocenters. The van der Waals surface area contributed by atoms with Crippen molar-refractivity contribution in [2.75, 3.05) is 27.2 Å². The first kappa shape index (κ1) is 23.0. The van der Waals surface area contributed by atoms with E-state index in [0.717, 1.165) is 16.3 Å². The fraction of sp³-hybridized carbons (Fsp3) is 0.391. The van der Waals surface area contributed by atoms with E-state index in [1.165, 1.54) is 14.1 Å². The average molecular weight is 444 g/mol. The van der Waals surface area contributed by atoms with Gasteiger partial charge in [0.05, 0.1) is 17.2 Å². The summed E-state index contributed by atoms with van der Waals surface area (Å²) in [7, 11) is -0.641. The number of carbonyl (C=O) groups excluding carboxylic acids is 2. The Morgan fingerprint density at radius 3 is 2.45 bits per heavy atom. The zero-order valence-electron chi connectivity index (χ0n) is 18.0. The van der Waals surface area contributed by atoms with Crippen LogP contribution in [0.2, 0.25) is 0 Å². The lowest BCUT2D eigenvalue weighted by atomic mass is 9.96. The highest BCUT2D eigenvalue weighted by molar-refractivity contribution is 7.89. The Morgan fingerprint density at radius 2 is 1.74 bits per heavy atom. The SMILES string of the molecule is CN(C)S(=O)(=O)c1ccccc1CNC(=O)C1CCCN(C(=O)Cc2ccccc2)C1. The number of likely N-dealkylation sites (tertiary alicyclic amines) is 1. The second kappa shape index (κ2) is 10.1. The Kier molecular flexibility index (Phi) is 7.46. The van der Waals surface area contributed by atoms with Crippen molar-refractivity contribution in [1.29, 1.82) is 0 Å². The minimum Gasteiger partial charge on any atom is -0.352 e. The second-order valence-corrected chi connectivity index (χ2v) is 10.1.